The number of aryl methyl sites for hydroxylation is 1. The van der Waals surface area contributed by atoms with Crippen LogP contribution >= 0.6 is 0 Å². The molecule has 0 aliphatic heterocycles. The Hall–Kier alpha value is -4.70. The van der Waals surface area contributed by atoms with E-state index >= 15 is 0 Å². The molecule has 2 N–H and O–H groups in total. The zero-order chi connectivity index (χ0) is 34.2. The lowest BCUT2D eigenvalue weighted by molar-refractivity contribution is -0.352. The minimum atomic E-state index is -6.61. The number of amides is 2. The normalized spacial score (nSPS) is 12.8. The lowest BCUT2D eigenvalue weighted by Crippen LogP contribution is -2.56. The Morgan fingerprint density at radius 1 is 0.848 bits per heavy atom. The van der Waals surface area contributed by atoms with E-state index in [0.29, 0.717) is 0 Å². The van der Waals surface area contributed by atoms with Crippen molar-refractivity contribution in [2.45, 2.75) is 37.0 Å². The Labute approximate surface area is 251 Å². The van der Waals surface area contributed by atoms with Crippen LogP contribution in [-0.4, -0.2) is 54.6 Å². The number of furan rings is 1. The van der Waals surface area contributed by atoms with Gasteiger partial charge in [-0.1, -0.05) is 12.1 Å². The predicted octanol–water partition coefficient (Wildman–Crippen LogP) is 7.72. The van der Waals surface area contributed by atoms with Crippen LogP contribution in [0.15, 0.2) is 59.0 Å². The fraction of sp³-hybridized carbons (Fsp3) is 0.276. The smallest absolute Gasteiger partial charge is 0.437 e. The number of pyridine rings is 1. The van der Waals surface area contributed by atoms with Crippen molar-refractivity contribution in [3.05, 3.63) is 77.2 Å². The number of rotatable bonds is 9. The van der Waals surface area contributed by atoms with Gasteiger partial charge in [0.25, 0.3) is 11.8 Å². The van der Waals surface area contributed by atoms with E-state index in [4.69, 9.17) is 4.42 Å². The number of fused-ring (bicyclic) bond motifs is 1. The maximum atomic E-state index is 13.7. The van der Waals surface area contributed by atoms with Crippen molar-refractivity contribution in [3.63, 3.8) is 0 Å². The van der Waals surface area contributed by atoms with Crippen molar-refractivity contribution in [2.75, 3.05) is 13.6 Å². The number of hydrogen-bond acceptors (Lipinski definition) is 4. The minimum Gasteiger partial charge on any atom is -0.437 e. The van der Waals surface area contributed by atoms with E-state index in [0.717, 1.165) is 30.3 Å². The number of carbonyl (C=O) groups is 2. The van der Waals surface area contributed by atoms with Crippen LogP contribution in [0, 0.1) is 5.82 Å². The molecule has 2 aromatic heterocycles. The summed E-state index contributed by atoms with van der Waals surface area (Å²) in [4.78, 5) is 29.6. The summed E-state index contributed by atoms with van der Waals surface area (Å²) in [5.74, 6) is -15.1. The second-order valence-corrected chi connectivity index (χ2v) is 9.88. The van der Waals surface area contributed by atoms with Gasteiger partial charge in [-0.05, 0) is 54.4 Å². The van der Waals surface area contributed by atoms with Crippen molar-refractivity contribution in [2.24, 2.45) is 0 Å². The first kappa shape index (κ1) is 34.2. The maximum Gasteiger partial charge on any atom is 0.459 e. The van der Waals surface area contributed by atoms with Crippen LogP contribution in [0.3, 0.4) is 0 Å². The van der Waals surface area contributed by atoms with Crippen LogP contribution in [0.1, 0.15) is 32.8 Å². The van der Waals surface area contributed by atoms with E-state index < -0.39 is 66.8 Å². The third-order valence-electron chi connectivity index (χ3n) is 6.69. The van der Waals surface area contributed by atoms with E-state index in [2.05, 4.69) is 10.3 Å². The summed E-state index contributed by atoms with van der Waals surface area (Å²) in [6, 6.07) is 10.3. The van der Waals surface area contributed by atoms with E-state index in [1.807, 2.05) is 0 Å². The van der Waals surface area contributed by atoms with Crippen molar-refractivity contribution in [1.82, 2.24) is 15.6 Å². The zero-order valence-corrected chi connectivity index (χ0v) is 23.1. The number of nitrogens with zero attached hydrogens (tertiary/aromatic N) is 1. The van der Waals surface area contributed by atoms with Gasteiger partial charge in [0, 0.05) is 30.2 Å². The molecule has 4 aromatic rings. The molecule has 0 radical (unpaired) electrons. The molecule has 46 heavy (non-hydrogen) atoms. The van der Waals surface area contributed by atoms with E-state index in [9.17, 15) is 57.9 Å². The Balaban J connectivity index is 1.80. The van der Waals surface area contributed by atoms with Crippen molar-refractivity contribution >= 4 is 22.9 Å². The van der Waals surface area contributed by atoms with Crippen molar-refractivity contribution in [3.8, 4) is 22.5 Å². The SMILES string of the molecule is CNC(=O)c1c(-c2ccc(F)cc2)oc2nc(CCC(F)(F)F)c(-c3cccc(C(=O)NCC(F)(F)C(F)(F)C(F)(F)F)c3)cc12. The molecule has 2 aromatic carbocycles. The number of carbonyl (C=O) groups excluding carboxylic acids is 2. The summed E-state index contributed by atoms with van der Waals surface area (Å²) in [6.07, 6.45) is -13.4. The average molecular weight is 667 g/mol. The lowest BCUT2D eigenvalue weighted by atomic mass is 9.96. The summed E-state index contributed by atoms with van der Waals surface area (Å²) in [7, 11) is 1.28. The summed E-state index contributed by atoms with van der Waals surface area (Å²) in [5.41, 5.74) is -1.13. The van der Waals surface area contributed by atoms with Crippen molar-refractivity contribution < 1.29 is 62.3 Å². The number of benzene rings is 2. The molecular weight excluding hydrogens is 647 g/mol. The maximum absolute atomic E-state index is 13.7. The highest BCUT2D eigenvalue weighted by Crippen LogP contribution is 2.46. The van der Waals surface area contributed by atoms with Crippen LogP contribution in [0.4, 0.5) is 48.3 Å². The van der Waals surface area contributed by atoms with Crippen LogP contribution < -0.4 is 10.6 Å². The first-order valence-corrected chi connectivity index (χ1v) is 13.0. The van der Waals surface area contributed by atoms with Gasteiger partial charge in [-0.15, -0.1) is 0 Å². The Bertz CT molecular complexity index is 1760. The monoisotopic (exact) mass is 667 g/mol. The molecule has 0 spiro atoms. The molecule has 6 nitrogen and oxygen atoms in total. The van der Waals surface area contributed by atoms with Gasteiger partial charge in [-0.3, -0.25) is 9.59 Å². The molecule has 4 rings (SSSR count). The van der Waals surface area contributed by atoms with Crippen LogP contribution in [0.5, 0.6) is 0 Å². The van der Waals surface area contributed by atoms with Gasteiger partial charge in [0.2, 0.25) is 5.71 Å². The largest absolute Gasteiger partial charge is 0.459 e. The third-order valence-corrected chi connectivity index (χ3v) is 6.69. The molecule has 0 aliphatic rings. The molecule has 0 fully saturated rings. The average Bonchev–Trinajstić information content (AvgIpc) is 3.35. The number of halogens is 11. The summed E-state index contributed by atoms with van der Waals surface area (Å²) in [6.45, 7) is -2.40. The van der Waals surface area contributed by atoms with Crippen LogP contribution in [0.25, 0.3) is 33.6 Å². The number of nitrogens with one attached hydrogen (secondary N) is 2. The van der Waals surface area contributed by atoms with E-state index in [-0.39, 0.29) is 44.8 Å². The molecule has 0 saturated heterocycles. The Morgan fingerprint density at radius 2 is 1.50 bits per heavy atom. The highest BCUT2D eigenvalue weighted by Gasteiger charge is 2.72. The molecule has 0 atom stereocenters. The zero-order valence-electron chi connectivity index (χ0n) is 23.1. The van der Waals surface area contributed by atoms with Crippen LogP contribution in [0.2, 0.25) is 0 Å². The number of aromatic nitrogens is 1. The van der Waals surface area contributed by atoms with Gasteiger partial charge in [0.15, 0.2) is 0 Å². The van der Waals surface area contributed by atoms with E-state index in [1.54, 1.807) is 0 Å². The van der Waals surface area contributed by atoms with Gasteiger partial charge in [-0.2, -0.15) is 43.9 Å². The van der Waals surface area contributed by atoms with Crippen molar-refractivity contribution in [1.29, 1.82) is 0 Å². The van der Waals surface area contributed by atoms with Gasteiger partial charge in [-0.25, -0.2) is 9.37 Å². The molecular formula is C29H20F11N3O3. The van der Waals surface area contributed by atoms with Gasteiger partial charge in [0.05, 0.1) is 23.2 Å². The van der Waals surface area contributed by atoms with Gasteiger partial charge >= 0.3 is 24.2 Å². The fourth-order valence-corrected chi connectivity index (χ4v) is 4.35. The summed E-state index contributed by atoms with van der Waals surface area (Å²) < 4.78 is 150. The quantitative estimate of drug-likeness (QED) is 0.179. The molecule has 0 bridgehead atoms. The third kappa shape index (κ3) is 6.92. The molecule has 0 unspecified atom stereocenters. The first-order valence-electron chi connectivity index (χ1n) is 13.0. The Kier molecular flexibility index (Phi) is 9.10. The number of hydrogen-bond donors (Lipinski definition) is 2. The summed E-state index contributed by atoms with van der Waals surface area (Å²) in [5, 5.41) is 3.68. The topological polar surface area (TPSA) is 84.2 Å². The molecule has 246 valence electrons. The highest BCUT2D eigenvalue weighted by atomic mass is 19.4. The second-order valence-electron chi connectivity index (χ2n) is 9.88. The molecule has 17 heteroatoms. The molecule has 2 amide bonds. The number of alkyl halides is 10. The molecule has 2 heterocycles. The molecule has 0 aliphatic carbocycles. The van der Waals surface area contributed by atoms with Gasteiger partial charge in [0.1, 0.15) is 11.6 Å². The second kappa shape index (κ2) is 12.2. The predicted molar refractivity (Wildman–Crippen MR) is 141 cm³/mol. The van der Waals surface area contributed by atoms with E-state index in [1.165, 1.54) is 36.6 Å². The fourth-order valence-electron chi connectivity index (χ4n) is 4.35. The molecule has 0 saturated carbocycles. The van der Waals surface area contributed by atoms with Crippen LogP contribution in [-0.2, 0) is 6.42 Å². The highest BCUT2D eigenvalue weighted by molar-refractivity contribution is 6.11. The summed E-state index contributed by atoms with van der Waals surface area (Å²) >= 11 is 0. The minimum absolute atomic E-state index is 0.0201. The lowest BCUT2D eigenvalue weighted by Gasteiger charge is -2.28. The van der Waals surface area contributed by atoms with Gasteiger partial charge < -0.3 is 15.1 Å². The Morgan fingerprint density at radius 3 is 2.09 bits per heavy atom. The first-order chi connectivity index (χ1) is 21.3. The standard InChI is InChI=1S/C29H20F11N3O3/c1-41-24(45)21-19-12-18(15-3-2-4-16(11-15)23(44)42-13-26(31,32)28(36,37)29(38,39)40)20(9-10-27(33,34)35)43-25(19)46-22(21)14-5-7-17(30)8-6-14/h2-8,11-12H,9-10,13H2,1H3,(H,41,45)(H,42,44).